The minimum atomic E-state index is -0.445. The highest BCUT2D eigenvalue weighted by Crippen LogP contribution is 2.21. The molecule has 0 saturated heterocycles. The molecule has 0 aliphatic heterocycles. The van der Waals surface area contributed by atoms with E-state index in [0.29, 0.717) is 36.6 Å². The maximum atomic E-state index is 11.8. The first kappa shape index (κ1) is 16.2. The number of anilines is 2. The number of aliphatic hydroxyl groups excluding tert-OH is 1. The van der Waals surface area contributed by atoms with Gasteiger partial charge in [0.15, 0.2) is 0 Å². The molecule has 0 radical (unpaired) electrons. The molecule has 0 saturated carbocycles. The second kappa shape index (κ2) is 7.69. The van der Waals surface area contributed by atoms with Crippen LogP contribution in [0.5, 0.6) is 0 Å². The number of nitrogen functional groups attached to an aromatic ring is 1. The third-order valence-corrected chi connectivity index (χ3v) is 2.89. The fourth-order valence-electron chi connectivity index (χ4n) is 1.88. The second-order valence-corrected chi connectivity index (χ2v) is 4.71. The molecule has 0 bridgehead atoms. The van der Waals surface area contributed by atoms with E-state index in [0.717, 1.165) is 0 Å². The number of hydrogen-bond acceptors (Lipinski definition) is 6. The summed E-state index contributed by atoms with van der Waals surface area (Å²) in [5.41, 5.74) is 6.40. The molecule has 0 amide bonds. The molecule has 20 heavy (non-hydrogen) atoms. The lowest BCUT2D eigenvalue weighted by molar-refractivity contribution is 0.0527. The van der Waals surface area contributed by atoms with E-state index in [1.165, 1.54) is 6.20 Å². The van der Waals surface area contributed by atoms with Gasteiger partial charge in [0, 0.05) is 19.2 Å². The molecule has 1 aromatic rings. The van der Waals surface area contributed by atoms with Gasteiger partial charge in [-0.1, -0.05) is 0 Å². The smallest absolute Gasteiger partial charge is 0.340 e. The average molecular weight is 281 g/mol. The maximum Gasteiger partial charge on any atom is 0.340 e. The van der Waals surface area contributed by atoms with Crippen molar-refractivity contribution in [3.63, 3.8) is 0 Å². The summed E-state index contributed by atoms with van der Waals surface area (Å²) in [6, 6.07) is 1.85. The molecule has 0 unspecified atom stereocenters. The molecular formula is C14H23N3O3. The first-order valence-corrected chi connectivity index (χ1v) is 6.81. The Morgan fingerprint density at radius 1 is 1.55 bits per heavy atom. The van der Waals surface area contributed by atoms with Gasteiger partial charge >= 0.3 is 5.97 Å². The molecule has 0 spiro atoms. The van der Waals surface area contributed by atoms with Crippen molar-refractivity contribution in [3.05, 3.63) is 17.8 Å². The molecule has 3 N–H and O–H groups in total. The van der Waals surface area contributed by atoms with Gasteiger partial charge in [-0.3, -0.25) is 0 Å². The van der Waals surface area contributed by atoms with E-state index in [-0.39, 0.29) is 12.6 Å². The highest BCUT2D eigenvalue weighted by molar-refractivity contribution is 5.95. The predicted octanol–water partition coefficient (Wildman–Crippen LogP) is 1.44. The molecule has 0 aliphatic carbocycles. The van der Waals surface area contributed by atoms with Crippen LogP contribution in [0.2, 0.25) is 0 Å². The zero-order valence-corrected chi connectivity index (χ0v) is 12.3. The molecule has 0 aromatic carbocycles. The van der Waals surface area contributed by atoms with Gasteiger partial charge in [0.05, 0.1) is 24.1 Å². The van der Waals surface area contributed by atoms with Crippen molar-refractivity contribution in [2.75, 3.05) is 30.4 Å². The van der Waals surface area contributed by atoms with Gasteiger partial charge in [-0.2, -0.15) is 0 Å². The number of carbonyl (C=O) groups excluding carboxylic acids is 1. The summed E-state index contributed by atoms with van der Waals surface area (Å²) in [6.07, 6.45) is 2.11. The van der Waals surface area contributed by atoms with Crippen LogP contribution in [0.15, 0.2) is 12.3 Å². The van der Waals surface area contributed by atoms with Crippen molar-refractivity contribution in [1.29, 1.82) is 0 Å². The molecular weight excluding hydrogens is 258 g/mol. The number of hydrogen-bond donors (Lipinski definition) is 2. The Morgan fingerprint density at radius 3 is 2.80 bits per heavy atom. The van der Waals surface area contributed by atoms with Crippen molar-refractivity contribution >= 4 is 17.5 Å². The molecule has 0 atom stereocenters. The normalized spacial score (nSPS) is 10.7. The summed E-state index contributed by atoms with van der Waals surface area (Å²) in [4.78, 5) is 18.1. The van der Waals surface area contributed by atoms with Gasteiger partial charge in [-0.25, -0.2) is 9.78 Å². The minimum absolute atomic E-state index is 0.114. The summed E-state index contributed by atoms with van der Waals surface area (Å²) in [6.45, 7) is 6.88. The molecule has 1 aromatic heterocycles. The number of nitrogens with zero attached hydrogens (tertiary/aromatic N) is 2. The molecule has 1 rings (SSSR count). The monoisotopic (exact) mass is 281 g/mol. The van der Waals surface area contributed by atoms with Crippen LogP contribution in [0, 0.1) is 0 Å². The van der Waals surface area contributed by atoms with Crippen molar-refractivity contribution < 1.29 is 14.6 Å². The van der Waals surface area contributed by atoms with E-state index in [9.17, 15) is 4.79 Å². The Bertz CT molecular complexity index is 449. The van der Waals surface area contributed by atoms with Crippen LogP contribution in [0.3, 0.4) is 0 Å². The fraction of sp³-hybridized carbons (Fsp3) is 0.571. The topological polar surface area (TPSA) is 88.7 Å². The number of aromatic nitrogens is 1. The molecule has 112 valence electrons. The van der Waals surface area contributed by atoms with Crippen LogP contribution in [-0.4, -0.2) is 41.9 Å². The molecule has 0 fully saturated rings. The van der Waals surface area contributed by atoms with Gasteiger partial charge < -0.3 is 20.5 Å². The lowest BCUT2D eigenvalue weighted by atomic mass is 10.2. The SMILES string of the molecule is CCOC(=O)c1cc(N(CCCO)C(C)C)ncc1N. The number of pyridine rings is 1. The highest BCUT2D eigenvalue weighted by atomic mass is 16.5. The highest BCUT2D eigenvalue weighted by Gasteiger charge is 2.17. The fourth-order valence-corrected chi connectivity index (χ4v) is 1.88. The van der Waals surface area contributed by atoms with Gasteiger partial charge in [0.2, 0.25) is 0 Å². The van der Waals surface area contributed by atoms with Crippen LogP contribution in [0.1, 0.15) is 37.6 Å². The van der Waals surface area contributed by atoms with Crippen LogP contribution in [-0.2, 0) is 4.74 Å². The Labute approximate surface area is 119 Å². The quantitative estimate of drug-likeness (QED) is 0.735. The maximum absolute atomic E-state index is 11.8. The third kappa shape index (κ3) is 4.09. The summed E-state index contributed by atoms with van der Waals surface area (Å²) in [7, 11) is 0. The van der Waals surface area contributed by atoms with E-state index in [4.69, 9.17) is 15.6 Å². The Balaban J connectivity index is 3.04. The first-order valence-electron chi connectivity index (χ1n) is 6.81. The van der Waals surface area contributed by atoms with Crippen molar-refractivity contribution in [1.82, 2.24) is 4.98 Å². The van der Waals surface area contributed by atoms with Crippen molar-refractivity contribution in [3.8, 4) is 0 Å². The van der Waals surface area contributed by atoms with E-state index in [1.54, 1.807) is 13.0 Å². The van der Waals surface area contributed by atoms with Gasteiger partial charge in [-0.15, -0.1) is 0 Å². The summed E-state index contributed by atoms with van der Waals surface area (Å²) in [5, 5.41) is 8.96. The van der Waals surface area contributed by atoms with Crippen LogP contribution in [0.4, 0.5) is 11.5 Å². The molecule has 1 heterocycles. The van der Waals surface area contributed by atoms with E-state index >= 15 is 0 Å². The Morgan fingerprint density at radius 2 is 2.25 bits per heavy atom. The number of rotatable bonds is 7. The predicted molar refractivity (Wildman–Crippen MR) is 78.8 cm³/mol. The van der Waals surface area contributed by atoms with Crippen LogP contribution < -0.4 is 10.6 Å². The van der Waals surface area contributed by atoms with Gasteiger partial charge in [-0.05, 0) is 33.3 Å². The Kier molecular flexibility index (Phi) is 6.24. The van der Waals surface area contributed by atoms with Gasteiger partial charge in [0.1, 0.15) is 5.82 Å². The number of aliphatic hydroxyl groups is 1. The van der Waals surface area contributed by atoms with Gasteiger partial charge in [0.25, 0.3) is 0 Å². The number of carbonyl (C=O) groups is 1. The second-order valence-electron chi connectivity index (χ2n) is 4.71. The molecule has 6 heteroatoms. The number of ether oxygens (including phenoxy) is 1. The number of esters is 1. The Hall–Kier alpha value is -1.82. The van der Waals surface area contributed by atoms with E-state index in [1.807, 2.05) is 18.7 Å². The molecule has 0 aliphatic rings. The first-order chi connectivity index (χ1) is 9.51. The van der Waals surface area contributed by atoms with Crippen LogP contribution in [0.25, 0.3) is 0 Å². The summed E-state index contributed by atoms with van der Waals surface area (Å²) >= 11 is 0. The lowest BCUT2D eigenvalue weighted by Crippen LogP contribution is -2.33. The van der Waals surface area contributed by atoms with Crippen molar-refractivity contribution in [2.24, 2.45) is 0 Å². The third-order valence-electron chi connectivity index (χ3n) is 2.89. The lowest BCUT2D eigenvalue weighted by Gasteiger charge is -2.28. The summed E-state index contributed by atoms with van der Waals surface area (Å²) in [5.74, 6) is 0.213. The van der Waals surface area contributed by atoms with Crippen LogP contribution >= 0.6 is 0 Å². The standard InChI is InChI=1S/C14H23N3O3/c1-4-20-14(19)11-8-13(16-9-12(11)15)17(10(2)3)6-5-7-18/h8-10,18H,4-7,15H2,1-3H3. The minimum Gasteiger partial charge on any atom is -0.462 e. The largest absolute Gasteiger partial charge is 0.462 e. The van der Waals surface area contributed by atoms with E-state index < -0.39 is 5.97 Å². The molecule has 6 nitrogen and oxygen atoms in total. The number of nitrogens with two attached hydrogens (primary N) is 1. The van der Waals surface area contributed by atoms with E-state index in [2.05, 4.69) is 4.98 Å². The average Bonchev–Trinajstić information content (AvgIpc) is 2.40. The summed E-state index contributed by atoms with van der Waals surface area (Å²) < 4.78 is 4.98. The van der Waals surface area contributed by atoms with Crippen molar-refractivity contribution in [2.45, 2.75) is 33.2 Å². The zero-order chi connectivity index (χ0) is 15.1. The zero-order valence-electron chi connectivity index (χ0n) is 12.3.